The smallest absolute Gasteiger partial charge is 0.323 e. The van der Waals surface area contributed by atoms with E-state index in [2.05, 4.69) is 15.3 Å². The molecule has 1 aromatic heterocycles. The molecular formula is C11H17N3O2S. The fourth-order valence-corrected chi connectivity index (χ4v) is 2.33. The maximum Gasteiger partial charge on any atom is 0.323 e. The zero-order valence-corrected chi connectivity index (χ0v) is 10.8. The number of hydrogen-bond acceptors (Lipinski definition) is 5. The predicted octanol–water partition coefficient (Wildman–Crippen LogP) is 1.41. The van der Waals surface area contributed by atoms with Crippen molar-refractivity contribution in [2.24, 2.45) is 0 Å². The molecule has 0 aliphatic carbocycles. The van der Waals surface area contributed by atoms with Gasteiger partial charge in [0.2, 0.25) is 0 Å². The zero-order valence-electron chi connectivity index (χ0n) is 10.0. The molecule has 0 saturated carbocycles. The van der Waals surface area contributed by atoms with E-state index >= 15 is 0 Å². The minimum Gasteiger partial charge on any atom is -0.480 e. The first-order valence-electron chi connectivity index (χ1n) is 5.47. The Morgan fingerprint density at radius 3 is 2.71 bits per heavy atom. The maximum absolute atomic E-state index is 11.2. The summed E-state index contributed by atoms with van der Waals surface area (Å²) in [6.07, 6.45) is 3.88. The molecule has 1 rings (SSSR count). The Balaban J connectivity index is 2.45. The largest absolute Gasteiger partial charge is 0.480 e. The summed E-state index contributed by atoms with van der Waals surface area (Å²) in [5.74, 6) is -0.159. The average molecular weight is 255 g/mol. The van der Waals surface area contributed by atoms with Crippen LogP contribution < -0.4 is 5.32 Å². The normalized spacial score (nSPS) is 14.2. The molecular weight excluding hydrogens is 238 g/mol. The monoisotopic (exact) mass is 255 g/mol. The van der Waals surface area contributed by atoms with Crippen LogP contribution in [0.15, 0.2) is 23.6 Å². The van der Waals surface area contributed by atoms with Gasteiger partial charge in [-0.25, -0.2) is 9.97 Å². The number of aromatic nitrogens is 2. The first-order valence-corrected chi connectivity index (χ1v) is 6.45. The van der Waals surface area contributed by atoms with Crippen LogP contribution in [0.1, 0.15) is 20.3 Å². The number of nitrogens with zero attached hydrogens (tertiary/aromatic N) is 2. The zero-order chi connectivity index (χ0) is 12.7. The highest BCUT2D eigenvalue weighted by atomic mass is 32.2. The first kappa shape index (κ1) is 13.9. The lowest BCUT2D eigenvalue weighted by Gasteiger charge is -2.25. The van der Waals surface area contributed by atoms with Gasteiger partial charge in [-0.05, 0) is 26.0 Å². The number of carboxylic acid groups (broad SMARTS) is 1. The van der Waals surface area contributed by atoms with Crippen LogP contribution in [0.4, 0.5) is 0 Å². The molecule has 0 bridgehead atoms. The lowest BCUT2D eigenvalue weighted by Crippen LogP contribution is -2.49. The molecule has 0 aliphatic heterocycles. The molecule has 5 nitrogen and oxygen atoms in total. The van der Waals surface area contributed by atoms with Crippen LogP contribution in [0.25, 0.3) is 0 Å². The van der Waals surface area contributed by atoms with E-state index in [0.29, 0.717) is 23.9 Å². The quantitative estimate of drug-likeness (QED) is 0.567. The van der Waals surface area contributed by atoms with E-state index in [1.165, 1.54) is 11.8 Å². The number of thioether (sulfide) groups is 1. The third kappa shape index (κ3) is 4.32. The fourth-order valence-electron chi connectivity index (χ4n) is 1.37. The predicted molar refractivity (Wildman–Crippen MR) is 67.1 cm³/mol. The standard InChI is InChI=1S/C11H17N3O2S/c1-3-14-11(2,9(15)16)5-8-17-10-12-6-4-7-13-10/h4,6-7,14H,3,5,8H2,1-2H3,(H,15,16). The third-order valence-corrected chi connectivity index (χ3v) is 3.29. The molecule has 0 aromatic carbocycles. The van der Waals surface area contributed by atoms with Crippen molar-refractivity contribution in [1.82, 2.24) is 15.3 Å². The van der Waals surface area contributed by atoms with E-state index in [1.54, 1.807) is 25.4 Å². The maximum atomic E-state index is 11.2. The molecule has 0 spiro atoms. The number of carboxylic acids is 1. The van der Waals surface area contributed by atoms with Gasteiger partial charge in [-0.1, -0.05) is 18.7 Å². The van der Waals surface area contributed by atoms with Crippen molar-refractivity contribution in [3.63, 3.8) is 0 Å². The van der Waals surface area contributed by atoms with Gasteiger partial charge in [-0.2, -0.15) is 0 Å². The lowest BCUT2D eigenvalue weighted by molar-refractivity contribution is -0.144. The second kappa shape index (κ2) is 6.56. The third-order valence-electron chi connectivity index (χ3n) is 2.41. The van der Waals surface area contributed by atoms with Crippen molar-refractivity contribution in [1.29, 1.82) is 0 Å². The van der Waals surface area contributed by atoms with Gasteiger partial charge in [0.1, 0.15) is 5.54 Å². The van der Waals surface area contributed by atoms with E-state index in [4.69, 9.17) is 5.11 Å². The Bertz CT molecular complexity index is 361. The Hall–Kier alpha value is -1.14. The highest BCUT2D eigenvalue weighted by molar-refractivity contribution is 7.99. The lowest BCUT2D eigenvalue weighted by atomic mass is 9.99. The molecule has 1 atom stereocenters. The summed E-state index contributed by atoms with van der Waals surface area (Å²) in [5.41, 5.74) is -0.878. The van der Waals surface area contributed by atoms with Gasteiger partial charge < -0.3 is 10.4 Å². The molecule has 94 valence electrons. The number of nitrogens with one attached hydrogen (secondary N) is 1. The van der Waals surface area contributed by atoms with Crippen molar-refractivity contribution in [3.05, 3.63) is 18.5 Å². The Morgan fingerprint density at radius 1 is 1.53 bits per heavy atom. The van der Waals surface area contributed by atoms with Crippen molar-refractivity contribution in [2.45, 2.75) is 31.0 Å². The molecule has 2 N–H and O–H groups in total. The van der Waals surface area contributed by atoms with E-state index in [0.717, 1.165) is 0 Å². The van der Waals surface area contributed by atoms with Gasteiger partial charge in [0.05, 0.1) is 0 Å². The number of rotatable bonds is 7. The average Bonchev–Trinajstić information content (AvgIpc) is 2.30. The summed E-state index contributed by atoms with van der Waals surface area (Å²) in [5, 5.41) is 12.8. The molecule has 17 heavy (non-hydrogen) atoms. The number of aliphatic carboxylic acids is 1. The van der Waals surface area contributed by atoms with E-state index in [9.17, 15) is 4.79 Å². The minimum atomic E-state index is -0.878. The second-order valence-corrected chi connectivity index (χ2v) is 4.86. The van der Waals surface area contributed by atoms with Crippen molar-refractivity contribution in [3.8, 4) is 0 Å². The van der Waals surface area contributed by atoms with Gasteiger partial charge in [-0.15, -0.1) is 0 Å². The molecule has 0 radical (unpaired) electrons. The topological polar surface area (TPSA) is 75.1 Å². The van der Waals surface area contributed by atoms with E-state index in [1.807, 2.05) is 6.92 Å². The van der Waals surface area contributed by atoms with Gasteiger partial charge >= 0.3 is 5.97 Å². The summed E-state index contributed by atoms with van der Waals surface area (Å²) < 4.78 is 0. The highest BCUT2D eigenvalue weighted by Crippen LogP contribution is 2.18. The summed E-state index contributed by atoms with van der Waals surface area (Å²) in [7, 11) is 0. The number of likely N-dealkylation sites (N-methyl/N-ethyl adjacent to an activating group) is 1. The van der Waals surface area contributed by atoms with Crippen molar-refractivity contribution < 1.29 is 9.90 Å². The first-order chi connectivity index (χ1) is 8.08. The Morgan fingerprint density at radius 2 is 2.18 bits per heavy atom. The van der Waals surface area contributed by atoms with E-state index in [-0.39, 0.29) is 0 Å². The van der Waals surface area contributed by atoms with Crippen LogP contribution in [0.3, 0.4) is 0 Å². The fraction of sp³-hybridized carbons (Fsp3) is 0.545. The molecule has 0 aliphatic rings. The number of carbonyl (C=O) groups is 1. The van der Waals surface area contributed by atoms with Crippen molar-refractivity contribution in [2.75, 3.05) is 12.3 Å². The van der Waals surface area contributed by atoms with Crippen LogP contribution in [-0.4, -0.2) is 38.9 Å². The van der Waals surface area contributed by atoms with Crippen LogP contribution >= 0.6 is 11.8 Å². The summed E-state index contributed by atoms with van der Waals surface area (Å²) in [6.45, 7) is 4.23. The minimum absolute atomic E-state index is 0.527. The van der Waals surface area contributed by atoms with Crippen LogP contribution in [-0.2, 0) is 4.79 Å². The van der Waals surface area contributed by atoms with Crippen LogP contribution in [0, 0.1) is 0 Å². The Kier molecular flexibility index (Phi) is 5.37. The molecule has 1 unspecified atom stereocenters. The van der Waals surface area contributed by atoms with Gasteiger partial charge in [0, 0.05) is 18.1 Å². The highest BCUT2D eigenvalue weighted by Gasteiger charge is 2.31. The summed E-state index contributed by atoms with van der Waals surface area (Å²) >= 11 is 1.47. The second-order valence-electron chi connectivity index (χ2n) is 3.80. The molecule has 1 aromatic rings. The molecule has 1 heterocycles. The Labute approximate surface area is 105 Å². The van der Waals surface area contributed by atoms with Gasteiger partial charge in [0.15, 0.2) is 5.16 Å². The van der Waals surface area contributed by atoms with Crippen LogP contribution in [0.5, 0.6) is 0 Å². The molecule has 6 heteroatoms. The molecule has 0 amide bonds. The molecule has 0 saturated heterocycles. The van der Waals surface area contributed by atoms with Crippen molar-refractivity contribution >= 4 is 17.7 Å². The number of hydrogen-bond donors (Lipinski definition) is 2. The molecule has 0 fully saturated rings. The summed E-state index contributed by atoms with van der Waals surface area (Å²) in [4.78, 5) is 19.3. The van der Waals surface area contributed by atoms with Crippen LogP contribution in [0.2, 0.25) is 0 Å². The van der Waals surface area contributed by atoms with Gasteiger partial charge in [0.25, 0.3) is 0 Å². The van der Waals surface area contributed by atoms with E-state index < -0.39 is 11.5 Å². The SMILES string of the molecule is CCNC(C)(CCSc1ncccn1)C(=O)O. The summed E-state index contributed by atoms with van der Waals surface area (Å²) in [6, 6.07) is 1.75. The van der Waals surface area contributed by atoms with Gasteiger partial charge in [-0.3, -0.25) is 4.79 Å².